The van der Waals surface area contributed by atoms with Crippen molar-refractivity contribution in [1.29, 1.82) is 5.26 Å². The van der Waals surface area contributed by atoms with Crippen molar-refractivity contribution in [3.05, 3.63) is 65.6 Å². The highest BCUT2D eigenvalue weighted by molar-refractivity contribution is 6.08. The third-order valence-electron chi connectivity index (χ3n) is 4.50. The molecule has 126 valence electrons. The first kappa shape index (κ1) is 16.0. The third kappa shape index (κ3) is 2.44. The van der Waals surface area contributed by atoms with E-state index < -0.39 is 5.82 Å². The van der Waals surface area contributed by atoms with Crippen molar-refractivity contribution in [3.63, 3.8) is 0 Å². The van der Waals surface area contributed by atoms with Gasteiger partial charge >= 0.3 is 0 Å². The second kappa shape index (κ2) is 6.08. The number of carbonyl (C=O) groups excluding carboxylic acids is 1. The SMILES string of the molecule is CCC(=O)c1cccc2nc(-c3c[nH]c4c(C#N)cc(F)cc34)ccc12. The van der Waals surface area contributed by atoms with Gasteiger partial charge in [-0.05, 0) is 30.3 Å². The predicted octanol–water partition coefficient (Wildman–Crippen LogP) is 4.99. The van der Waals surface area contributed by atoms with E-state index in [4.69, 9.17) is 0 Å². The lowest BCUT2D eigenvalue weighted by molar-refractivity contribution is 0.0989. The van der Waals surface area contributed by atoms with Gasteiger partial charge in [-0.2, -0.15) is 5.26 Å². The van der Waals surface area contributed by atoms with Crippen molar-refractivity contribution in [1.82, 2.24) is 9.97 Å². The minimum Gasteiger partial charge on any atom is -0.359 e. The number of nitrogens with one attached hydrogen (secondary N) is 1. The molecule has 4 rings (SSSR count). The third-order valence-corrected chi connectivity index (χ3v) is 4.50. The van der Waals surface area contributed by atoms with Gasteiger partial charge in [0.2, 0.25) is 0 Å². The number of hydrogen-bond donors (Lipinski definition) is 1. The topological polar surface area (TPSA) is 69.5 Å². The molecule has 0 aliphatic rings. The fourth-order valence-electron chi connectivity index (χ4n) is 3.24. The number of ketones is 1. The van der Waals surface area contributed by atoms with E-state index in [1.165, 1.54) is 12.1 Å². The van der Waals surface area contributed by atoms with E-state index in [2.05, 4.69) is 9.97 Å². The van der Waals surface area contributed by atoms with Crippen molar-refractivity contribution >= 4 is 27.6 Å². The molecular formula is C21H14FN3O. The van der Waals surface area contributed by atoms with Crippen LogP contribution in [0.3, 0.4) is 0 Å². The van der Waals surface area contributed by atoms with Crippen LogP contribution in [-0.2, 0) is 0 Å². The van der Waals surface area contributed by atoms with E-state index in [9.17, 15) is 14.4 Å². The molecular weight excluding hydrogens is 329 g/mol. The monoisotopic (exact) mass is 343 g/mol. The summed E-state index contributed by atoms with van der Waals surface area (Å²) >= 11 is 0. The molecule has 26 heavy (non-hydrogen) atoms. The zero-order valence-corrected chi connectivity index (χ0v) is 14.0. The number of pyridine rings is 1. The molecule has 2 heterocycles. The summed E-state index contributed by atoms with van der Waals surface area (Å²) in [5, 5.41) is 10.6. The first-order chi connectivity index (χ1) is 12.6. The van der Waals surface area contributed by atoms with Gasteiger partial charge in [0.25, 0.3) is 0 Å². The summed E-state index contributed by atoms with van der Waals surface area (Å²) in [4.78, 5) is 19.8. The number of H-pyrrole nitrogens is 1. The number of Topliss-reactive ketones (excluding diaryl/α,β-unsaturated/α-hetero) is 1. The van der Waals surface area contributed by atoms with Crippen LogP contribution in [0.5, 0.6) is 0 Å². The summed E-state index contributed by atoms with van der Waals surface area (Å²) in [7, 11) is 0. The van der Waals surface area contributed by atoms with E-state index in [1.54, 1.807) is 12.3 Å². The Morgan fingerprint density at radius 3 is 2.85 bits per heavy atom. The molecule has 0 bridgehead atoms. The van der Waals surface area contributed by atoms with Crippen LogP contribution in [0.25, 0.3) is 33.1 Å². The van der Waals surface area contributed by atoms with Crippen LogP contribution < -0.4 is 0 Å². The van der Waals surface area contributed by atoms with Crippen molar-refractivity contribution in [2.24, 2.45) is 0 Å². The number of nitrogens with zero attached hydrogens (tertiary/aromatic N) is 2. The standard InChI is InChI=1S/C21H14FN3O/c1-2-20(26)15-4-3-5-18-14(15)6-7-19(25-18)17-11-24-21-12(10-23)8-13(22)9-16(17)21/h3-9,11,24H,2H2,1H3. The number of rotatable bonds is 3. The van der Waals surface area contributed by atoms with Gasteiger partial charge in [-0.1, -0.05) is 19.1 Å². The first-order valence-corrected chi connectivity index (χ1v) is 8.26. The number of fused-ring (bicyclic) bond motifs is 2. The van der Waals surface area contributed by atoms with Gasteiger partial charge < -0.3 is 4.98 Å². The highest BCUT2D eigenvalue weighted by Crippen LogP contribution is 2.31. The van der Waals surface area contributed by atoms with Gasteiger partial charge in [-0.25, -0.2) is 9.37 Å². The Labute approximate surface area is 148 Å². The Bertz CT molecular complexity index is 1220. The number of benzene rings is 2. The minimum absolute atomic E-state index is 0.0676. The van der Waals surface area contributed by atoms with Gasteiger partial charge in [0.1, 0.15) is 11.9 Å². The fraction of sp³-hybridized carbons (Fsp3) is 0.0952. The van der Waals surface area contributed by atoms with Crippen molar-refractivity contribution in [2.45, 2.75) is 13.3 Å². The molecule has 0 atom stereocenters. The molecule has 5 heteroatoms. The van der Waals surface area contributed by atoms with E-state index in [1.807, 2.05) is 37.3 Å². The van der Waals surface area contributed by atoms with Gasteiger partial charge in [0, 0.05) is 34.5 Å². The van der Waals surface area contributed by atoms with E-state index in [-0.39, 0.29) is 11.3 Å². The maximum atomic E-state index is 13.9. The molecule has 2 aromatic heterocycles. The second-order valence-corrected chi connectivity index (χ2v) is 6.04. The van der Waals surface area contributed by atoms with Gasteiger partial charge in [-0.15, -0.1) is 0 Å². The van der Waals surface area contributed by atoms with Crippen LogP contribution in [0.2, 0.25) is 0 Å². The maximum absolute atomic E-state index is 13.9. The maximum Gasteiger partial charge on any atom is 0.163 e. The van der Waals surface area contributed by atoms with Crippen molar-refractivity contribution in [2.75, 3.05) is 0 Å². The Morgan fingerprint density at radius 1 is 1.23 bits per heavy atom. The molecule has 0 unspecified atom stereocenters. The number of hydrogen-bond acceptors (Lipinski definition) is 3. The fourth-order valence-corrected chi connectivity index (χ4v) is 3.24. The molecule has 2 aromatic carbocycles. The van der Waals surface area contributed by atoms with Gasteiger partial charge in [-0.3, -0.25) is 4.79 Å². The van der Waals surface area contributed by atoms with E-state index in [0.717, 1.165) is 5.39 Å². The van der Waals surface area contributed by atoms with Crippen molar-refractivity contribution < 1.29 is 9.18 Å². The molecule has 0 amide bonds. The van der Waals surface area contributed by atoms with Crippen LogP contribution in [0.1, 0.15) is 29.3 Å². The number of carbonyl (C=O) groups is 1. The predicted molar refractivity (Wildman–Crippen MR) is 98.3 cm³/mol. The summed E-state index contributed by atoms with van der Waals surface area (Å²) in [5.41, 5.74) is 3.56. The summed E-state index contributed by atoms with van der Waals surface area (Å²) in [6, 6.07) is 13.7. The van der Waals surface area contributed by atoms with Gasteiger partial charge in [0.15, 0.2) is 5.78 Å². The lowest BCUT2D eigenvalue weighted by Crippen LogP contribution is -1.98. The van der Waals surface area contributed by atoms with Crippen molar-refractivity contribution in [3.8, 4) is 17.3 Å². The quantitative estimate of drug-likeness (QED) is 0.533. The number of aromatic amines is 1. The largest absolute Gasteiger partial charge is 0.359 e. The average Bonchev–Trinajstić information content (AvgIpc) is 3.09. The summed E-state index contributed by atoms with van der Waals surface area (Å²) in [5.74, 6) is -0.399. The Hall–Kier alpha value is -3.52. The minimum atomic E-state index is -0.466. The highest BCUT2D eigenvalue weighted by atomic mass is 19.1. The number of halogens is 1. The van der Waals surface area contributed by atoms with E-state index >= 15 is 0 Å². The lowest BCUT2D eigenvalue weighted by atomic mass is 10.0. The molecule has 0 radical (unpaired) electrons. The molecule has 0 saturated heterocycles. The molecule has 1 N–H and O–H groups in total. The molecule has 4 nitrogen and oxygen atoms in total. The summed E-state index contributed by atoms with van der Waals surface area (Å²) < 4.78 is 13.9. The molecule has 0 saturated carbocycles. The van der Waals surface area contributed by atoms with Crippen LogP contribution in [-0.4, -0.2) is 15.8 Å². The molecule has 0 aliphatic heterocycles. The first-order valence-electron chi connectivity index (χ1n) is 8.26. The van der Waals surface area contributed by atoms with Gasteiger partial charge in [0.05, 0.1) is 22.3 Å². The summed E-state index contributed by atoms with van der Waals surface area (Å²) in [6.07, 6.45) is 2.15. The molecule has 0 fully saturated rings. The number of aromatic nitrogens is 2. The average molecular weight is 343 g/mol. The molecule has 0 spiro atoms. The normalized spacial score (nSPS) is 11.0. The van der Waals surface area contributed by atoms with E-state index in [0.29, 0.717) is 39.7 Å². The zero-order chi connectivity index (χ0) is 18.3. The molecule has 0 aliphatic carbocycles. The second-order valence-electron chi connectivity index (χ2n) is 6.04. The Balaban J connectivity index is 1.93. The smallest absolute Gasteiger partial charge is 0.163 e. The Kier molecular flexibility index (Phi) is 3.74. The number of nitriles is 1. The van der Waals surface area contributed by atoms with Crippen LogP contribution >= 0.6 is 0 Å². The van der Waals surface area contributed by atoms with Crippen LogP contribution in [0, 0.1) is 17.1 Å². The highest BCUT2D eigenvalue weighted by Gasteiger charge is 2.14. The zero-order valence-electron chi connectivity index (χ0n) is 14.0. The molecule has 4 aromatic rings. The lowest BCUT2D eigenvalue weighted by Gasteiger charge is -2.06. The Morgan fingerprint density at radius 2 is 2.08 bits per heavy atom. The summed E-state index contributed by atoms with van der Waals surface area (Å²) in [6.45, 7) is 1.83. The van der Waals surface area contributed by atoms with Crippen LogP contribution in [0.4, 0.5) is 4.39 Å². The van der Waals surface area contributed by atoms with Crippen LogP contribution in [0.15, 0.2) is 48.7 Å².